The zero-order valence-electron chi connectivity index (χ0n) is 18.3. The fraction of sp³-hybridized carbons (Fsp3) is 0.318. The normalized spacial score (nSPS) is 19.0. The number of aliphatic carboxylic acids is 1. The molecule has 1 saturated heterocycles. The smallest absolute Gasteiger partial charge is 0.475 e. The molecule has 2 aliphatic heterocycles. The van der Waals surface area contributed by atoms with Gasteiger partial charge in [-0.1, -0.05) is 6.07 Å². The van der Waals surface area contributed by atoms with Gasteiger partial charge in [0, 0.05) is 30.9 Å². The Morgan fingerprint density at radius 1 is 1.17 bits per heavy atom. The van der Waals surface area contributed by atoms with Gasteiger partial charge in [0.05, 0.1) is 29.3 Å². The molecule has 9 nitrogen and oxygen atoms in total. The van der Waals surface area contributed by atoms with Crippen molar-refractivity contribution in [2.75, 3.05) is 13.1 Å². The SMILES string of the molecule is Cc1nc(C(=O)N2C[C@@H]3[C@H](C2)n2cccc2C(=O)N3Cc2ccccn2)cs1.O=C(O)C(F)(F)F. The van der Waals surface area contributed by atoms with E-state index < -0.39 is 12.1 Å². The highest BCUT2D eigenvalue weighted by Gasteiger charge is 2.46. The predicted octanol–water partition coefficient (Wildman–Crippen LogP) is 3.00. The molecule has 2 atom stereocenters. The minimum atomic E-state index is -5.08. The number of carboxylic acid groups (broad SMARTS) is 1. The van der Waals surface area contributed by atoms with E-state index in [1.165, 1.54) is 11.3 Å². The van der Waals surface area contributed by atoms with Gasteiger partial charge in [0.1, 0.15) is 11.4 Å². The molecule has 0 radical (unpaired) electrons. The summed E-state index contributed by atoms with van der Waals surface area (Å²) >= 11 is 1.47. The zero-order chi connectivity index (χ0) is 25.3. The van der Waals surface area contributed by atoms with Crippen molar-refractivity contribution in [3.05, 3.63) is 70.2 Å². The standard InChI is InChI=1S/C20H19N5O2S.C2HF3O2/c1-13-22-15(12-28-13)19(26)23-10-17-18(11-23)25(9-14-5-2-3-7-21-14)20(27)16-6-4-8-24(16)17;3-2(4,5)1(6)7/h2-8,12,17-18H,9-11H2,1H3;(H,6,7)/t17-,18+;/m0./s1. The molecular weight excluding hydrogens is 487 g/mol. The van der Waals surface area contributed by atoms with Gasteiger partial charge in [0.25, 0.3) is 11.8 Å². The number of fused-ring (bicyclic) bond motifs is 3. The van der Waals surface area contributed by atoms with E-state index in [-0.39, 0.29) is 23.9 Å². The summed E-state index contributed by atoms with van der Waals surface area (Å²) in [6.45, 7) is 3.39. The first-order chi connectivity index (χ1) is 16.6. The first-order valence-electron chi connectivity index (χ1n) is 10.5. The van der Waals surface area contributed by atoms with E-state index in [0.29, 0.717) is 31.0 Å². The molecule has 13 heteroatoms. The number of carboxylic acids is 1. The number of alkyl halides is 3. The minimum absolute atomic E-state index is 0.0179. The second-order valence-corrected chi connectivity index (χ2v) is 9.02. The number of carbonyl (C=O) groups excluding carboxylic acids is 2. The molecule has 2 amide bonds. The van der Waals surface area contributed by atoms with Gasteiger partial charge in [0.15, 0.2) is 0 Å². The number of likely N-dealkylation sites (tertiary alicyclic amines) is 1. The summed E-state index contributed by atoms with van der Waals surface area (Å²) in [6.07, 6.45) is -1.41. The maximum atomic E-state index is 13.1. The number of amides is 2. The number of aromatic nitrogens is 3. The Hall–Kier alpha value is -3.74. The molecule has 1 N–H and O–H groups in total. The van der Waals surface area contributed by atoms with E-state index in [1.54, 1.807) is 11.6 Å². The van der Waals surface area contributed by atoms with Crippen LogP contribution in [0.4, 0.5) is 13.2 Å². The fourth-order valence-corrected chi connectivity index (χ4v) is 4.74. The highest BCUT2D eigenvalue weighted by molar-refractivity contribution is 7.09. The molecule has 5 heterocycles. The third kappa shape index (κ3) is 5.04. The molecule has 0 aliphatic carbocycles. The molecule has 1 fully saturated rings. The van der Waals surface area contributed by atoms with E-state index in [1.807, 2.05) is 57.8 Å². The minimum Gasteiger partial charge on any atom is -0.475 e. The largest absolute Gasteiger partial charge is 0.490 e. The average Bonchev–Trinajstić information content (AvgIpc) is 3.55. The van der Waals surface area contributed by atoms with Gasteiger partial charge < -0.3 is 19.5 Å². The molecule has 2 aliphatic rings. The van der Waals surface area contributed by atoms with Crippen LogP contribution in [-0.2, 0) is 11.3 Å². The van der Waals surface area contributed by atoms with Crippen molar-refractivity contribution in [1.29, 1.82) is 0 Å². The van der Waals surface area contributed by atoms with Gasteiger partial charge in [-0.05, 0) is 31.2 Å². The topological polar surface area (TPSA) is 109 Å². The van der Waals surface area contributed by atoms with Gasteiger partial charge in [-0.3, -0.25) is 14.6 Å². The molecule has 0 bridgehead atoms. The van der Waals surface area contributed by atoms with Crippen LogP contribution in [-0.4, -0.2) is 72.5 Å². The Morgan fingerprint density at radius 2 is 1.89 bits per heavy atom. The Bertz CT molecular complexity index is 1240. The number of carbonyl (C=O) groups is 3. The lowest BCUT2D eigenvalue weighted by Crippen LogP contribution is -2.50. The van der Waals surface area contributed by atoms with Crippen molar-refractivity contribution in [2.24, 2.45) is 0 Å². The van der Waals surface area contributed by atoms with E-state index >= 15 is 0 Å². The Labute approximate surface area is 201 Å². The molecule has 3 aromatic rings. The van der Waals surface area contributed by atoms with Crippen molar-refractivity contribution >= 4 is 29.1 Å². The van der Waals surface area contributed by atoms with Crippen molar-refractivity contribution in [2.45, 2.75) is 31.7 Å². The maximum absolute atomic E-state index is 13.1. The van der Waals surface area contributed by atoms with Crippen LogP contribution >= 0.6 is 11.3 Å². The van der Waals surface area contributed by atoms with Crippen molar-refractivity contribution in [3.63, 3.8) is 0 Å². The summed E-state index contributed by atoms with van der Waals surface area (Å²) in [5.74, 6) is -2.85. The van der Waals surface area contributed by atoms with Crippen LogP contribution in [0.25, 0.3) is 0 Å². The molecule has 5 rings (SSSR count). The van der Waals surface area contributed by atoms with Gasteiger partial charge in [-0.25, -0.2) is 9.78 Å². The number of nitrogens with zero attached hydrogens (tertiary/aromatic N) is 5. The van der Waals surface area contributed by atoms with E-state index in [2.05, 4.69) is 9.97 Å². The number of hydrogen-bond acceptors (Lipinski definition) is 6. The van der Waals surface area contributed by atoms with Gasteiger partial charge in [-0.2, -0.15) is 13.2 Å². The first kappa shape index (κ1) is 24.4. The molecule has 3 aromatic heterocycles. The van der Waals surface area contributed by atoms with E-state index in [9.17, 15) is 22.8 Å². The molecule has 0 unspecified atom stereocenters. The predicted molar refractivity (Wildman–Crippen MR) is 118 cm³/mol. The van der Waals surface area contributed by atoms with E-state index in [0.717, 1.165) is 10.7 Å². The summed E-state index contributed by atoms with van der Waals surface area (Å²) in [6, 6.07) is 9.40. The lowest BCUT2D eigenvalue weighted by molar-refractivity contribution is -0.192. The first-order valence-corrected chi connectivity index (χ1v) is 11.3. The summed E-state index contributed by atoms with van der Waals surface area (Å²) in [7, 11) is 0. The lowest BCUT2D eigenvalue weighted by Gasteiger charge is -2.37. The maximum Gasteiger partial charge on any atom is 0.490 e. The van der Waals surface area contributed by atoms with Crippen LogP contribution in [0.5, 0.6) is 0 Å². The molecule has 0 aromatic carbocycles. The molecule has 35 heavy (non-hydrogen) atoms. The van der Waals surface area contributed by atoms with Crippen LogP contribution < -0.4 is 0 Å². The fourth-order valence-electron chi connectivity index (χ4n) is 4.16. The molecule has 0 spiro atoms. The Balaban J connectivity index is 0.000000364. The third-order valence-corrected chi connectivity index (χ3v) is 6.48. The highest BCUT2D eigenvalue weighted by atomic mass is 32.1. The summed E-state index contributed by atoms with van der Waals surface area (Å²) in [5, 5.41) is 9.80. The van der Waals surface area contributed by atoms with Crippen molar-refractivity contribution in [3.8, 4) is 0 Å². The van der Waals surface area contributed by atoms with Crippen molar-refractivity contribution < 1.29 is 32.7 Å². The number of rotatable bonds is 3. The van der Waals surface area contributed by atoms with Gasteiger partial charge in [-0.15, -0.1) is 11.3 Å². The Kier molecular flexibility index (Phi) is 6.61. The zero-order valence-corrected chi connectivity index (χ0v) is 19.2. The number of aryl methyl sites for hydroxylation is 1. The molecular formula is C22H20F3N5O4S. The van der Waals surface area contributed by atoms with Crippen LogP contribution in [0.3, 0.4) is 0 Å². The van der Waals surface area contributed by atoms with Crippen molar-refractivity contribution in [1.82, 2.24) is 24.3 Å². The van der Waals surface area contributed by atoms with E-state index in [4.69, 9.17) is 9.90 Å². The molecule has 0 saturated carbocycles. The highest BCUT2D eigenvalue weighted by Crippen LogP contribution is 2.35. The monoisotopic (exact) mass is 507 g/mol. The second kappa shape index (κ2) is 9.49. The van der Waals surface area contributed by atoms with Crippen LogP contribution in [0.1, 0.15) is 37.7 Å². The number of hydrogen-bond donors (Lipinski definition) is 1. The number of pyridine rings is 1. The summed E-state index contributed by atoms with van der Waals surface area (Å²) in [4.78, 5) is 47.4. The Morgan fingerprint density at radius 3 is 2.49 bits per heavy atom. The quantitative estimate of drug-likeness (QED) is 0.584. The van der Waals surface area contributed by atoms with Crippen LogP contribution in [0, 0.1) is 6.92 Å². The number of halogens is 3. The van der Waals surface area contributed by atoms with Gasteiger partial charge >= 0.3 is 12.1 Å². The average molecular weight is 507 g/mol. The molecule has 184 valence electrons. The summed E-state index contributed by atoms with van der Waals surface area (Å²) in [5.41, 5.74) is 1.99. The third-order valence-electron chi connectivity index (χ3n) is 5.70. The number of thiazole rings is 1. The van der Waals surface area contributed by atoms with Crippen LogP contribution in [0.15, 0.2) is 48.1 Å². The summed E-state index contributed by atoms with van der Waals surface area (Å²) < 4.78 is 33.8. The lowest BCUT2D eigenvalue weighted by atomic mass is 10.1. The van der Waals surface area contributed by atoms with Crippen LogP contribution in [0.2, 0.25) is 0 Å². The van der Waals surface area contributed by atoms with Gasteiger partial charge in [0.2, 0.25) is 0 Å². The second-order valence-electron chi connectivity index (χ2n) is 7.95.